The fraction of sp³-hybridized carbons (Fsp3) is 0.778. The Bertz CT molecular complexity index is 382. The lowest BCUT2D eigenvalue weighted by Crippen LogP contribution is -2.51. The molecule has 0 N–H and O–H groups in total. The van der Waals surface area contributed by atoms with Crippen LogP contribution in [0.2, 0.25) is 0 Å². The van der Waals surface area contributed by atoms with Crippen LogP contribution in [0.5, 0.6) is 0 Å². The third-order valence-electron chi connectivity index (χ3n) is 5.11. The second kappa shape index (κ2) is 8.99. The topological polar surface area (TPSA) is 18.5 Å². The molecule has 6 heteroatoms. The fourth-order valence-electron chi connectivity index (χ4n) is 3.87. The Morgan fingerprint density at radius 2 is 1.04 bits per heavy atom. The van der Waals surface area contributed by atoms with Crippen LogP contribution in [0, 0.1) is 11.8 Å². The molecular weight excluding hydrogens is 324 g/mol. The molecule has 0 bridgehead atoms. The van der Waals surface area contributed by atoms with Crippen molar-refractivity contribution in [1.82, 2.24) is 0 Å². The zero-order chi connectivity index (χ0) is 17.7. The first-order valence-electron chi connectivity index (χ1n) is 8.52. The van der Waals surface area contributed by atoms with Gasteiger partial charge in [0.2, 0.25) is 0 Å². The average Bonchev–Trinajstić information content (AvgIpc) is 2.58. The maximum atomic E-state index is 14.5. The van der Waals surface area contributed by atoms with E-state index < -0.39 is 48.7 Å². The molecule has 138 valence electrons. The van der Waals surface area contributed by atoms with Gasteiger partial charge in [0, 0.05) is 0 Å². The minimum absolute atomic E-state index is 0.145. The van der Waals surface area contributed by atoms with E-state index in [1.807, 2.05) is 0 Å². The molecule has 2 fully saturated rings. The van der Waals surface area contributed by atoms with Crippen LogP contribution in [0.3, 0.4) is 0 Å². The number of ether oxygens (including phenoxy) is 2. The molecule has 0 spiro atoms. The third kappa shape index (κ3) is 4.20. The predicted octanol–water partition coefficient (Wildman–Crippen LogP) is 4.30. The van der Waals surface area contributed by atoms with Crippen molar-refractivity contribution in [2.24, 2.45) is 11.8 Å². The normalized spacial score (nSPS) is 43.3. The summed E-state index contributed by atoms with van der Waals surface area (Å²) in [5.41, 5.74) is 0. The summed E-state index contributed by atoms with van der Waals surface area (Å²) in [4.78, 5) is 0. The predicted molar refractivity (Wildman–Crippen MR) is 84.9 cm³/mol. The van der Waals surface area contributed by atoms with E-state index in [-0.39, 0.29) is 13.2 Å². The van der Waals surface area contributed by atoms with Crippen molar-refractivity contribution in [2.75, 3.05) is 13.2 Å². The van der Waals surface area contributed by atoms with Crippen molar-refractivity contribution < 1.29 is 27.0 Å². The maximum Gasteiger partial charge on any atom is 0.157 e. The van der Waals surface area contributed by atoms with E-state index in [0.717, 1.165) is 0 Å². The molecule has 0 amide bonds. The second-order valence-electron chi connectivity index (χ2n) is 6.58. The Kier molecular flexibility index (Phi) is 7.29. The van der Waals surface area contributed by atoms with E-state index in [2.05, 4.69) is 13.2 Å². The zero-order valence-corrected chi connectivity index (χ0v) is 13.8. The van der Waals surface area contributed by atoms with Gasteiger partial charge in [0.1, 0.15) is 12.3 Å². The van der Waals surface area contributed by atoms with Crippen LogP contribution in [-0.2, 0) is 9.47 Å². The van der Waals surface area contributed by atoms with Gasteiger partial charge >= 0.3 is 0 Å². The molecule has 2 rings (SSSR count). The van der Waals surface area contributed by atoms with Crippen LogP contribution in [0.4, 0.5) is 17.6 Å². The Morgan fingerprint density at radius 3 is 1.38 bits per heavy atom. The van der Waals surface area contributed by atoms with E-state index in [1.54, 1.807) is 0 Å². The highest BCUT2D eigenvalue weighted by Gasteiger charge is 2.50. The quantitative estimate of drug-likeness (QED) is 0.503. The molecule has 0 saturated heterocycles. The lowest BCUT2D eigenvalue weighted by atomic mass is 9.69. The van der Waals surface area contributed by atoms with Gasteiger partial charge < -0.3 is 9.47 Å². The molecule has 0 aromatic carbocycles. The SMILES string of the molecule is C=CCOC1CCC(C2CCC(OCC=C)C(F)C2F)C(F)C1F. The smallest absolute Gasteiger partial charge is 0.157 e. The van der Waals surface area contributed by atoms with Crippen LogP contribution in [0.15, 0.2) is 25.3 Å². The maximum absolute atomic E-state index is 14.5. The Balaban J connectivity index is 1.96. The van der Waals surface area contributed by atoms with Crippen LogP contribution in [-0.4, -0.2) is 50.1 Å². The lowest BCUT2D eigenvalue weighted by Gasteiger charge is -2.43. The molecule has 2 nitrogen and oxygen atoms in total. The van der Waals surface area contributed by atoms with Crippen molar-refractivity contribution >= 4 is 0 Å². The summed E-state index contributed by atoms with van der Waals surface area (Å²) in [6.07, 6.45) is -4.87. The summed E-state index contributed by atoms with van der Waals surface area (Å²) in [6, 6.07) is 0. The molecule has 24 heavy (non-hydrogen) atoms. The average molecular weight is 350 g/mol. The Hall–Kier alpha value is -0.880. The summed E-state index contributed by atoms with van der Waals surface area (Å²) in [6.45, 7) is 7.24. The van der Waals surface area contributed by atoms with Gasteiger partial charge in [-0.1, -0.05) is 12.2 Å². The second-order valence-corrected chi connectivity index (χ2v) is 6.58. The molecule has 0 aromatic heterocycles. The largest absolute Gasteiger partial charge is 0.371 e. The summed E-state index contributed by atoms with van der Waals surface area (Å²) >= 11 is 0. The van der Waals surface area contributed by atoms with Gasteiger partial charge in [-0.3, -0.25) is 0 Å². The molecule has 2 saturated carbocycles. The number of alkyl halides is 4. The molecule has 0 heterocycles. The summed E-state index contributed by atoms with van der Waals surface area (Å²) in [7, 11) is 0. The van der Waals surface area contributed by atoms with Gasteiger partial charge in [0.15, 0.2) is 12.3 Å². The molecule has 0 radical (unpaired) electrons. The minimum Gasteiger partial charge on any atom is -0.371 e. The van der Waals surface area contributed by atoms with Crippen molar-refractivity contribution in [2.45, 2.75) is 62.6 Å². The summed E-state index contributed by atoms with van der Waals surface area (Å²) in [5.74, 6) is -1.64. The van der Waals surface area contributed by atoms with E-state index in [9.17, 15) is 17.6 Å². The van der Waals surface area contributed by atoms with E-state index in [0.29, 0.717) is 25.7 Å². The first kappa shape index (κ1) is 19.4. The van der Waals surface area contributed by atoms with Crippen molar-refractivity contribution in [3.05, 3.63) is 25.3 Å². The first-order chi connectivity index (χ1) is 11.5. The van der Waals surface area contributed by atoms with Crippen LogP contribution < -0.4 is 0 Å². The van der Waals surface area contributed by atoms with Gasteiger partial charge in [0.05, 0.1) is 25.4 Å². The number of rotatable bonds is 7. The van der Waals surface area contributed by atoms with Crippen LogP contribution >= 0.6 is 0 Å². The van der Waals surface area contributed by atoms with Gasteiger partial charge in [0.25, 0.3) is 0 Å². The minimum atomic E-state index is -1.84. The molecule has 0 aromatic rings. The van der Waals surface area contributed by atoms with Crippen molar-refractivity contribution in [3.63, 3.8) is 0 Å². The summed E-state index contributed by atoms with van der Waals surface area (Å²) < 4.78 is 67.9. The molecule has 2 aliphatic carbocycles. The molecule has 8 atom stereocenters. The van der Waals surface area contributed by atoms with Gasteiger partial charge in [-0.15, -0.1) is 13.2 Å². The summed E-state index contributed by atoms with van der Waals surface area (Å²) in [5, 5.41) is 0. The number of hydrogen-bond acceptors (Lipinski definition) is 2. The van der Waals surface area contributed by atoms with Crippen molar-refractivity contribution in [1.29, 1.82) is 0 Å². The Labute approximate surface area is 140 Å². The fourth-order valence-corrected chi connectivity index (χ4v) is 3.87. The third-order valence-corrected chi connectivity index (χ3v) is 5.11. The van der Waals surface area contributed by atoms with E-state index in [1.165, 1.54) is 12.2 Å². The highest BCUT2D eigenvalue weighted by Crippen LogP contribution is 2.44. The standard InChI is InChI=1S/C18H26F4O2/c1-3-9-23-13-7-5-11(15(19)17(13)21)12-6-8-14(24-10-4-2)18(22)16(12)20/h3-4,11-18H,1-2,5-10H2. The monoisotopic (exact) mass is 350 g/mol. The van der Waals surface area contributed by atoms with Crippen molar-refractivity contribution in [3.8, 4) is 0 Å². The highest BCUT2D eigenvalue weighted by atomic mass is 19.2. The lowest BCUT2D eigenvalue weighted by molar-refractivity contribution is -0.116. The Morgan fingerprint density at radius 1 is 0.667 bits per heavy atom. The van der Waals surface area contributed by atoms with Gasteiger partial charge in [-0.2, -0.15) is 0 Å². The van der Waals surface area contributed by atoms with Crippen LogP contribution in [0.1, 0.15) is 25.7 Å². The van der Waals surface area contributed by atoms with Crippen LogP contribution in [0.25, 0.3) is 0 Å². The molecular formula is C18H26F4O2. The number of halogens is 4. The van der Waals surface area contributed by atoms with Gasteiger partial charge in [-0.05, 0) is 37.5 Å². The highest BCUT2D eigenvalue weighted by molar-refractivity contribution is 4.99. The zero-order valence-electron chi connectivity index (χ0n) is 13.8. The van der Waals surface area contributed by atoms with Gasteiger partial charge in [-0.25, -0.2) is 17.6 Å². The first-order valence-corrected chi connectivity index (χ1v) is 8.52. The van der Waals surface area contributed by atoms with E-state index >= 15 is 0 Å². The number of hydrogen-bond donors (Lipinski definition) is 0. The molecule has 2 aliphatic rings. The molecule has 0 aliphatic heterocycles. The molecule has 8 unspecified atom stereocenters. The van der Waals surface area contributed by atoms with E-state index in [4.69, 9.17) is 9.47 Å².